The van der Waals surface area contributed by atoms with Crippen molar-refractivity contribution in [2.24, 2.45) is 5.73 Å². The lowest BCUT2D eigenvalue weighted by molar-refractivity contribution is 0.00563. The number of hydrogen-bond acceptors (Lipinski definition) is 3. The van der Waals surface area contributed by atoms with Crippen LogP contribution in [-0.4, -0.2) is 35.0 Å². The van der Waals surface area contributed by atoms with E-state index in [0.717, 1.165) is 31.2 Å². The van der Waals surface area contributed by atoms with E-state index in [2.05, 4.69) is 17.0 Å². The molecule has 2 rings (SSSR count). The molecule has 0 amide bonds. The molecule has 0 bridgehead atoms. The summed E-state index contributed by atoms with van der Waals surface area (Å²) in [7, 11) is 2.01. The Morgan fingerprint density at radius 1 is 1.35 bits per heavy atom. The second-order valence-corrected chi connectivity index (χ2v) is 6.00. The van der Waals surface area contributed by atoms with Crippen molar-refractivity contribution in [3.63, 3.8) is 0 Å². The van der Waals surface area contributed by atoms with Crippen LogP contribution in [-0.2, 0) is 0 Å². The van der Waals surface area contributed by atoms with Crippen molar-refractivity contribution in [2.75, 3.05) is 13.6 Å². The fourth-order valence-corrected chi connectivity index (χ4v) is 3.18. The van der Waals surface area contributed by atoms with Gasteiger partial charge in [-0.2, -0.15) is 0 Å². The molecule has 1 aromatic rings. The fourth-order valence-electron chi connectivity index (χ4n) is 3.18. The molecule has 4 heteroatoms. The largest absolute Gasteiger partial charge is 0.389 e. The van der Waals surface area contributed by atoms with Crippen molar-refractivity contribution >= 4 is 5.84 Å². The van der Waals surface area contributed by atoms with Crippen LogP contribution >= 0.6 is 0 Å². The summed E-state index contributed by atoms with van der Waals surface area (Å²) in [4.78, 5) is 2.14. The van der Waals surface area contributed by atoms with Gasteiger partial charge in [0.2, 0.25) is 0 Å². The molecule has 0 saturated heterocycles. The van der Waals surface area contributed by atoms with E-state index in [-0.39, 0.29) is 11.9 Å². The van der Waals surface area contributed by atoms with Crippen LogP contribution in [0.25, 0.3) is 0 Å². The van der Waals surface area contributed by atoms with Crippen LogP contribution in [0.1, 0.15) is 43.7 Å². The first-order chi connectivity index (χ1) is 9.50. The highest BCUT2D eigenvalue weighted by Crippen LogP contribution is 2.33. The third-order valence-electron chi connectivity index (χ3n) is 4.21. The average molecular weight is 275 g/mol. The molecule has 1 aromatic carbocycles. The van der Waals surface area contributed by atoms with Crippen LogP contribution in [0.4, 0.5) is 0 Å². The number of nitrogens with zero attached hydrogens (tertiary/aromatic N) is 1. The lowest BCUT2D eigenvalue weighted by Gasteiger charge is -2.34. The van der Waals surface area contributed by atoms with Gasteiger partial charge in [-0.3, -0.25) is 10.3 Å². The van der Waals surface area contributed by atoms with Gasteiger partial charge in [-0.25, -0.2) is 0 Å². The van der Waals surface area contributed by atoms with Gasteiger partial charge in [-0.15, -0.1) is 0 Å². The van der Waals surface area contributed by atoms with E-state index < -0.39 is 5.60 Å². The van der Waals surface area contributed by atoms with Crippen LogP contribution in [0.3, 0.4) is 0 Å². The van der Waals surface area contributed by atoms with Gasteiger partial charge in [-0.05, 0) is 25.5 Å². The molecule has 0 aromatic heterocycles. The Morgan fingerprint density at radius 3 is 2.50 bits per heavy atom. The lowest BCUT2D eigenvalue weighted by Crippen LogP contribution is -2.41. The van der Waals surface area contributed by atoms with Crippen LogP contribution in [0, 0.1) is 5.41 Å². The Hall–Kier alpha value is -1.39. The van der Waals surface area contributed by atoms with Crippen LogP contribution in [0.15, 0.2) is 30.3 Å². The Labute approximate surface area is 121 Å². The Kier molecular flexibility index (Phi) is 4.78. The topological polar surface area (TPSA) is 73.3 Å². The number of nitrogens with one attached hydrogen (secondary N) is 1. The molecule has 1 atom stereocenters. The predicted octanol–water partition coefficient (Wildman–Crippen LogP) is 2.29. The van der Waals surface area contributed by atoms with Crippen molar-refractivity contribution in [1.29, 1.82) is 5.41 Å². The maximum Gasteiger partial charge on any atom is 0.0924 e. The summed E-state index contributed by atoms with van der Waals surface area (Å²) in [5.74, 6) is 0.184. The molecular formula is C16H25N3O. The number of likely N-dealkylation sites (N-methyl/N-ethyl adjacent to an activating group) is 1. The first-order valence-electron chi connectivity index (χ1n) is 7.31. The maximum absolute atomic E-state index is 10.6. The second-order valence-electron chi connectivity index (χ2n) is 6.00. The lowest BCUT2D eigenvalue weighted by atomic mass is 9.97. The van der Waals surface area contributed by atoms with Crippen molar-refractivity contribution < 1.29 is 5.11 Å². The zero-order valence-electron chi connectivity index (χ0n) is 12.2. The van der Waals surface area contributed by atoms with E-state index in [9.17, 15) is 5.11 Å². The van der Waals surface area contributed by atoms with Crippen LogP contribution in [0.5, 0.6) is 0 Å². The van der Waals surface area contributed by atoms with E-state index in [1.165, 1.54) is 0 Å². The number of hydrogen-bond donors (Lipinski definition) is 3. The van der Waals surface area contributed by atoms with Crippen molar-refractivity contribution in [3.05, 3.63) is 35.9 Å². The predicted molar refractivity (Wildman–Crippen MR) is 81.8 cm³/mol. The third-order valence-corrected chi connectivity index (χ3v) is 4.21. The van der Waals surface area contributed by atoms with Crippen molar-refractivity contribution in [1.82, 2.24) is 4.90 Å². The standard InChI is InChI=1S/C16H25N3O/c1-19(12-16(20)9-5-6-10-16)14(11-15(17)18)13-7-3-2-4-8-13/h2-4,7-8,14,20H,5-6,9-12H2,1H3,(H3,17,18). The molecule has 1 aliphatic rings. The van der Waals surface area contributed by atoms with E-state index in [0.29, 0.717) is 13.0 Å². The van der Waals surface area contributed by atoms with Gasteiger partial charge < -0.3 is 10.8 Å². The number of benzene rings is 1. The molecule has 20 heavy (non-hydrogen) atoms. The quantitative estimate of drug-likeness (QED) is 0.551. The van der Waals surface area contributed by atoms with Gasteiger partial charge in [0.05, 0.1) is 11.4 Å². The molecule has 4 N–H and O–H groups in total. The average Bonchev–Trinajstić information content (AvgIpc) is 2.83. The molecule has 110 valence electrons. The third kappa shape index (κ3) is 3.81. The fraction of sp³-hybridized carbons (Fsp3) is 0.562. The second kappa shape index (κ2) is 6.37. The van der Waals surface area contributed by atoms with Crippen molar-refractivity contribution in [2.45, 2.75) is 43.7 Å². The molecule has 1 unspecified atom stereocenters. The van der Waals surface area contributed by atoms with Crippen LogP contribution < -0.4 is 5.73 Å². The van der Waals surface area contributed by atoms with E-state index in [4.69, 9.17) is 11.1 Å². The Balaban J connectivity index is 2.11. The number of amidine groups is 1. The SMILES string of the molecule is CN(CC1(O)CCCC1)C(CC(=N)N)c1ccccc1. The summed E-state index contributed by atoms with van der Waals surface area (Å²) in [6.07, 6.45) is 4.45. The van der Waals surface area contributed by atoms with Gasteiger partial charge in [0.25, 0.3) is 0 Å². The molecule has 0 aliphatic heterocycles. The summed E-state index contributed by atoms with van der Waals surface area (Å²) in [5, 5.41) is 18.2. The number of rotatable bonds is 6. The van der Waals surface area contributed by atoms with Gasteiger partial charge in [0, 0.05) is 19.0 Å². The molecule has 0 radical (unpaired) electrons. The molecular weight excluding hydrogens is 250 g/mol. The highest BCUT2D eigenvalue weighted by molar-refractivity contribution is 5.77. The first-order valence-corrected chi connectivity index (χ1v) is 7.31. The summed E-state index contributed by atoms with van der Waals surface area (Å²) < 4.78 is 0. The minimum Gasteiger partial charge on any atom is -0.389 e. The Morgan fingerprint density at radius 2 is 1.95 bits per heavy atom. The van der Waals surface area contributed by atoms with Gasteiger partial charge in [-0.1, -0.05) is 43.2 Å². The number of nitrogens with two attached hydrogens (primary N) is 1. The summed E-state index contributed by atoms with van der Waals surface area (Å²) in [6, 6.07) is 10.2. The summed E-state index contributed by atoms with van der Waals surface area (Å²) >= 11 is 0. The Bertz CT molecular complexity index is 440. The van der Waals surface area contributed by atoms with Crippen LogP contribution in [0.2, 0.25) is 0 Å². The monoisotopic (exact) mass is 275 g/mol. The minimum atomic E-state index is -0.571. The maximum atomic E-state index is 10.6. The smallest absolute Gasteiger partial charge is 0.0924 e. The summed E-state index contributed by atoms with van der Waals surface area (Å²) in [5.41, 5.74) is 6.18. The van der Waals surface area contributed by atoms with Gasteiger partial charge in [0.1, 0.15) is 0 Å². The molecule has 0 heterocycles. The molecule has 4 nitrogen and oxygen atoms in total. The first kappa shape index (κ1) is 15.0. The minimum absolute atomic E-state index is 0.0540. The highest BCUT2D eigenvalue weighted by Gasteiger charge is 2.34. The zero-order valence-corrected chi connectivity index (χ0v) is 12.2. The van der Waals surface area contributed by atoms with Crippen molar-refractivity contribution in [3.8, 4) is 0 Å². The molecule has 1 saturated carbocycles. The summed E-state index contributed by atoms with van der Waals surface area (Å²) in [6.45, 7) is 0.639. The van der Waals surface area contributed by atoms with E-state index >= 15 is 0 Å². The molecule has 0 spiro atoms. The van der Waals surface area contributed by atoms with E-state index in [1.54, 1.807) is 0 Å². The van der Waals surface area contributed by atoms with Gasteiger partial charge >= 0.3 is 0 Å². The van der Waals surface area contributed by atoms with E-state index in [1.807, 2.05) is 25.2 Å². The normalized spacial score (nSPS) is 19.1. The number of aliphatic hydroxyl groups is 1. The molecule has 1 aliphatic carbocycles. The zero-order chi connectivity index (χ0) is 14.6. The van der Waals surface area contributed by atoms with Gasteiger partial charge in [0.15, 0.2) is 0 Å². The highest BCUT2D eigenvalue weighted by atomic mass is 16.3. The molecule has 1 fully saturated rings.